The van der Waals surface area contributed by atoms with Crippen LogP contribution in [-0.4, -0.2) is 53.5 Å². The summed E-state index contributed by atoms with van der Waals surface area (Å²) in [5.41, 5.74) is -0.0361. The number of rotatable bonds is 5. The molecule has 1 aromatic heterocycles. The van der Waals surface area contributed by atoms with Crippen LogP contribution in [0.2, 0.25) is 0 Å². The Morgan fingerprint density at radius 3 is 2.50 bits per heavy atom. The lowest BCUT2D eigenvalue weighted by atomic mass is 10.1. The number of amides is 1. The van der Waals surface area contributed by atoms with Crippen molar-refractivity contribution in [1.29, 1.82) is 0 Å². The second-order valence-corrected chi connectivity index (χ2v) is 7.86. The number of halogens is 1. The standard InChI is InChI=1S/C21H19BrN4O4/c22-17-3-1-16-12-19(5-2-15(16)11-17)30-14-21(27)25-9-7-24(8-10-25)20-6-4-18(13-23-20)26(28)29/h1-6,11-13H,7-10,14H2. The van der Waals surface area contributed by atoms with Crippen LogP contribution < -0.4 is 9.64 Å². The highest BCUT2D eigenvalue weighted by Crippen LogP contribution is 2.24. The van der Waals surface area contributed by atoms with E-state index in [1.165, 1.54) is 12.3 Å². The zero-order valence-electron chi connectivity index (χ0n) is 16.0. The van der Waals surface area contributed by atoms with E-state index in [1.807, 2.05) is 41.3 Å². The summed E-state index contributed by atoms with van der Waals surface area (Å²) in [5.74, 6) is 1.26. The monoisotopic (exact) mass is 470 g/mol. The SMILES string of the molecule is O=C(COc1ccc2cc(Br)ccc2c1)N1CCN(c2ccc([N+](=O)[O-])cn2)CC1. The van der Waals surface area contributed by atoms with E-state index in [1.54, 1.807) is 11.0 Å². The summed E-state index contributed by atoms with van der Waals surface area (Å²) >= 11 is 3.46. The minimum Gasteiger partial charge on any atom is -0.484 e. The number of ether oxygens (including phenoxy) is 1. The van der Waals surface area contributed by atoms with Gasteiger partial charge in [0.25, 0.3) is 11.6 Å². The van der Waals surface area contributed by atoms with Crippen LogP contribution in [0.5, 0.6) is 5.75 Å². The zero-order chi connectivity index (χ0) is 21.1. The van der Waals surface area contributed by atoms with Gasteiger partial charge in [0, 0.05) is 36.7 Å². The van der Waals surface area contributed by atoms with Gasteiger partial charge in [0.15, 0.2) is 6.61 Å². The molecule has 0 aliphatic carbocycles. The average Bonchev–Trinajstić information content (AvgIpc) is 2.77. The maximum Gasteiger partial charge on any atom is 0.287 e. The van der Waals surface area contributed by atoms with E-state index < -0.39 is 4.92 Å². The van der Waals surface area contributed by atoms with Gasteiger partial charge in [-0.05, 0) is 41.1 Å². The molecule has 0 unspecified atom stereocenters. The molecular formula is C21H19BrN4O4. The van der Waals surface area contributed by atoms with Crippen molar-refractivity contribution in [3.8, 4) is 5.75 Å². The number of pyridine rings is 1. The third-order valence-corrected chi connectivity index (χ3v) is 5.53. The Bertz CT molecular complexity index is 1080. The molecular weight excluding hydrogens is 452 g/mol. The van der Waals surface area contributed by atoms with Crippen LogP contribution in [0.15, 0.2) is 59.2 Å². The molecule has 0 saturated carbocycles. The number of benzene rings is 2. The first-order chi connectivity index (χ1) is 14.5. The Hall–Kier alpha value is -3.20. The van der Waals surface area contributed by atoms with Crippen LogP contribution in [0.1, 0.15) is 0 Å². The summed E-state index contributed by atoms with van der Waals surface area (Å²) in [7, 11) is 0. The Labute approximate surface area is 181 Å². The quantitative estimate of drug-likeness (QED) is 0.417. The number of nitro groups is 1. The normalized spacial score (nSPS) is 14.0. The molecule has 1 saturated heterocycles. The Kier molecular flexibility index (Phi) is 5.80. The smallest absolute Gasteiger partial charge is 0.287 e. The van der Waals surface area contributed by atoms with E-state index in [9.17, 15) is 14.9 Å². The average molecular weight is 471 g/mol. The minimum atomic E-state index is -0.470. The van der Waals surface area contributed by atoms with Gasteiger partial charge < -0.3 is 14.5 Å². The van der Waals surface area contributed by atoms with Crippen molar-refractivity contribution in [2.45, 2.75) is 0 Å². The summed E-state index contributed by atoms with van der Waals surface area (Å²) in [4.78, 5) is 30.7. The largest absolute Gasteiger partial charge is 0.484 e. The molecule has 2 heterocycles. The molecule has 1 fully saturated rings. The predicted molar refractivity (Wildman–Crippen MR) is 117 cm³/mol. The van der Waals surface area contributed by atoms with Gasteiger partial charge in [-0.2, -0.15) is 0 Å². The highest BCUT2D eigenvalue weighted by molar-refractivity contribution is 9.10. The number of piperazine rings is 1. The molecule has 3 aromatic rings. The second kappa shape index (κ2) is 8.66. The van der Waals surface area contributed by atoms with Gasteiger partial charge in [-0.1, -0.05) is 28.1 Å². The van der Waals surface area contributed by atoms with Crippen molar-refractivity contribution >= 4 is 44.1 Å². The fourth-order valence-corrected chi connectivity index (χ4v) is 3.76. The van der Waals surface area contributed by atoms with Crippen molar-refractivity contribution in [3.63, 3.8) is 0 Å². The Morgan fingerprint density at radius 1 is 1.07 bits per heavy atom. The molecule has 1 aliphatic rings. The molecule has 2 aromatic carbocycles. The first kappa shape index (κ1) is 20.1. The topological polar surface area (TPSA) is 88.8 Å². The number of anilines is 1. The molecule has 0 N–H and O–H groups in total. The molecule has 9 heteroatoms. The summed E-state index contributed by atoms with van der Waals surface area (Å²) in [6, 6.07) is 14.8. The fraction of sp³-hybridized carbons (Fsp3) is 0.238. The van der Waals surface area contributed by atoms with Gasteiger partial charge in [0.05, 0.1) is 4.92 Å². The maximum atomic E-state index is 12.5. The third kappa shape index (κ3) is 4.51. The van der Waals surface area contributed by atoms with Crippen LogP contribution in [0.3, 0.4) is 0 Å². The van der Waals surface area contributed by atoms with Crippen LogP contribution in [0.4, 0.5) is 11.5 Å². The van der Waals surface area contributed by atoms with Crippen LogP contribution in [0.25, 0.3) is 10.8 Å². The molecule has 154 valence electrons. The summed E-state index contributed by atoms with van der Waals surface area (Å²) in [6.07, 6.45) is 1.25. The zero-order valence-corrected chi connectivity index (χ0v) is 17.6. The van der Waals surface area contributed by atoms with Crippen molar-refractivity contribution in [1.82, 2.24) is 9.88 Å². The number of nitrogens with zero attached hydrogens (tertiary/aromatic N) is 4. The van der Waals surface area contributed by atoms with Gasteiger partial charge >= 0.3 is 0 Å². The Morgan fingerprint density at radius 2 is 1.80 bits per heavy atom. The number of hydrogen-bond donors (Lipinski definition) is 0. The number of carbonyl (C=O) groups is 1. The number of aromatic nitrogens is 1. The van der Waals surface area contributed by atoms with E-state index in [-0.39, 0.29) is 18.2 Å². The number of hydrogen-bond acceptors (Lipinski definition) is 6. The molecule has 0 spiro atoms. The number of fused-ring (bicyclic) bond motifs is 1. The van der Waals surface area contributed by atoms with Crippen LogP contribution >= 0.6 is 15.9 Å². The van der Waals surface area contributed by atoms with E-state index in [4.69, 9.17) is 4.74 Å². The van der Waals surface area contributed by atoms with Crippen molar-refractivity contribution in [3.05, 3.63) is 69.3 Å². The molecule has 30 heavy (non-hydrogen) atoms. The summed E-state index contributed by atoms with van der Waals surface area (Å²) in [5, 5.41) is 12.9. The van der Waals surface area contributed by atoms with Crippen LogP contribution in [-0.2, 0) is 4.79 Å². The van der Waals surface area contributed by atoms with Crippen LogP contribution in [0, 0.1) is 10.1 Å². The Balaban J connectivity index is 1.30. The van der Waals surface area contributed by atoms with Gasteiger partial charge in [-0.25, -0.2) is 4.98 Å². The van der Waals surface area contributed by atoms with E-state index >= 15 is 0 Å². The van der Waals surface area contributed by atoms with Gasteiger partial charge in [-0.3, -0.25) is 14.9 Å². The molecule has 4 rings (SSSR count). The van der Waals surface area contributed by atoms with E-state index in [0.29, 0.717) is 37.7 Å². The molecule has 0 radical (unpaired) electrons. The second-order valence-electron chi connectivity index (χ2n) is 6.94. The first-order valence-electron chi connectivity index (χ1n) is 9.45. The highest BCUT2D eigenvalue weighted by atomic mass is 79.9. The fourth-order valence-electron chi connectivity index (χ4n) is 3.38. The first-order valence-corrected chi connectivity index (χ1v) is 10.2. The lowest BCUT2D eigenvalue weighted by Crippen LogP contribution is -2.50. The predicted octanol–water partition coefficient (Wildman–Crippen LogP) is 3.63. The third-order valence-electron chi connectivity index (χ3n) is 5.04. The van der Waals surface area contributed by atoms with Gasteiger partial charge in [-0.15, -0.1) is 0 Å². The van der Waals surface area contributed by atoms with Crippen molar-refractivity contribution in [2.75, 3.05) is 37.7 Å². The summed E-state index contributed by atoms with van der Waals surface area (Å²) in [6.45, 7) is 2.31. The molecule has 8 nitrogen and oxygen atoms in total. The molecule has 1 aliphatic heterocycles. The van der Waals surface area contributed by atoms with E-state index in [2.05, 4.69) is 20.9 Å². The molecule has 0 atom stereocenters. The van der Waals surface area contributed by atoms with Gasteiger partial charge in [0.2, 0.25) is 0 Å². The molecule has 1 amide bonds. The van der Waals surface area contributed by atoms with Crippen molar-refractivity contribution in [2.24, 2.45) is 0 Å². The lowest BCUT2D eigenvalue weighted by Gasteiger charge is -2.35. The maximum absolute atomic E-state index is 12.5. The minimum absolute atomic E-state index is 0.0161. The van der Waals surface area contributed by atoms with Crippen molar-refractivity contribution < 1.29 is 14.5 Å². The highest BCUT2D eigenvalue weighted by Gasteiger charge is 2.22. The van der Waals surface area contributed by atoms with Gasteiger partial charge in [0.1, 0.15) is 17.8 Å². The lowest BCUT2D eigenvalue weighted by molar-refractivity contribution is -0.385. The molecule has 0 bridgehead atoms. The van der Waals surface area contributed by atoms with E-state index in [0.717, 1.165) is 15.2 Å². The number of carbonyl (C=O) groups excluding carboxylic acids is 1. The summed E-state index contributed by atoms with van der Waals surface area (Å²) < 4.78 is 6.73.